The molecule has 0 radical (unpaired) electrons. The van der Waals surface area contributed by atoms with E-state index in [-0.39, 0.29) is 11.4 Å². The summed E-state index contributed by atoms with van der Waals surface area (Å²) in [5, 5.41) is 2.89. The Morgan fingerprint density at radius 3 is 2.56 bits per heavy atom. The molecule has 1 fully saturated rings. The van der Waals surface area contributed by atoms with Gasteiger partial charge in [-0.25, -0.2) is 0 Å². The number of hydrogen-bond donors (Lipinski definition) is 2. The third kappa shape index (κ3) is 3.09. The zero-order valence-electron chi connectivity index (χ0n) is 11.1. The molecule has 2 rings (SSSR count). The van der Waals surface area contributed by atoms with Gasteiger partial charge in [-0.1, -0.05) is 24.6 Å². The summed E-state index contributed by atoms with van der Waals surface area (Å²) in [6.07, 6.45) is 0.961. The minimum absolute atomic E-state index is 0.0250. The van der Waals surface area contributed by atoms with E-state index in [2.05, 4.69) is 17.1 Å². The summed E-state index contributed by atoms with van der Waals surface area (Å²) in [6.45, 7) is 6.16. The number of carbonyl (C=O) groups excluding carboxylic acids is 1. The molecule has 4 nitrogen and oxygen atoms in total. The van der Waals surface area contributed by atoms with Crippen LogP contribution in [-0.2, 0) is 4.79 Å². The molecule has 1 aromatic rings. The third-order valence-electron chi connectivity index (χ3n) is 3.48. The van der Waals surface area contributed by atoms with Gasteiger partial charge in [-0.2, -0.15) is 0 Å². The molecule has 0 aliphatic carbocycles. The van der Waals surface area contributed by atoms with Gasteiger partial charge in [-0.15, -0.1) is 0 Å². The van der Waals surface area contributed by atoms with Crippen molar-refractivity contribution in [1.29, 1.82) is 0 Å². The minimum Gasteiger partial charge on any atom is -0.325 e. The summed E-state index contributed by atoms with van der Waals surface area (Å²) < 4.78 is 0. The van der Waals surface area contributed by atoms with Crippen molar-refractivity contribution < 1.29 is 4.79 Å². The number of benzene rings is 1. The van der Waals surface area contributed by atoms with Crippen LogP contribution in [0.4, 0.5) is 5.69 Å². The standard InChI is InChI=1S/C14H21N3O/c1-3-14(15)9-17(10-14)8-13(18)16-12-6-4-11(2)5-7-12/h4-7H,3,8-10,15H2,1-2H3,(H,16,18). The van der Waals surface area contributed by atoms with E-state index in [1.807, 2.05) is 31.2 Å². The number of nitrogens with two attached hydrogens (primary N) is 1. The number of nitrogens with zero attached hydrogens (tertiary/aromatic N) is 1. The molecule has 4 heteroatoms. The molecular formula is C14H21N3O. The first-order valence-electron chi connectivity index (χ1n) is 6.38. The normalized spacial score (nSPS) is 18.2. The first-order valence-corrected chi connectivity index (χ1v) is 6.38. The van der Waals surface area contributed by atoms with Crippen molar-refractivity contribution in [3.63, 3.8) is 0 Å². The molecule has 3 N–H and O–H groups in total. The van der Waals surface area contributed by atoms with E-state index in [0.717, 1.165) is 25.2 Å². The molecule has 0 atom stereocenters. The van der Waals surface area contributed by atoms with Crippen molar-refractivity contribution in [1.82, 2.24) is 4.90 Å². The smallest absolute Gasteiger partial charge is 0.238 e. The lowest BCUT2D eigenvalue weighted by Crippen LogP contribution is -2.67. The highest BCUT2D eigenvalue weighted by Crippen LogP contribution is 2.20. The number of nitrogens with one attached hydrogen (secondary N) is 1. The van der Waals surface area contributed by atoms with Crippen LogP contribution < -0.4 is 11.1 Å². The maximum Gasteiger partial charge on any atom is 0.238 e. The first kappa shape index (κ1) is 13.1. The highest BCUT2D eigenvalue weighted by Gasteiger charge is 2.38. The molecule has 0 unspecified atom stereocenters. The lowest BCUT2D eigenvalue weighted by molar-refractivity contribution is -0.119. The quantitative estimate of drug-likeness (QED) is 0.844. The van der Waals surface area contributed by atoms with Crippen molar-refractivity contribution in [2.45, 2.75) is 25.8 Å². The maximum absolute atomic E-state index is 11.8. The van der Waals surface area contributed by atoms with Gasteiger partial charge in [-0.05, 0) is 25.5 Å². The largest absolute Gasteiger partial charge is 0.325 e. The molecule has 18 heavy (non-hydrogen) atoms. The number of rotatable bonds is 4. The average molecular weight is 247 g/mol. The van der Waals surface area contributed by atoms with Crippen LogP contribution in [0.1, 0.15) is 18.9 Å². The van der Waals surface area contributed by atoms with E-state index in [0.29, 0.717) is 6.54 Å². The van der Waals surface area contributed by atoms with E-state index in [9.17, 15) is 4.79 Å². The van der Waals surface area contributed by atoms with Crippen LogP contribution in [0.3, 0.4) is 0 Å². The molecule has 1 heterocycles. The molecular weight excluding hydrogens is 226 g/mol. The summed E-state index contributed by atoms with van der Waals surface area (Å²) in [5.74, 6) is 0.0250. The third-order valence-corrected chi connectivity index (χ3v) is 3.48. The fourth-order valence-electron chi connectivity index (χ4n) is 2.22. The van der Waals surface area contributed by atoms with Gasteiger partial charge in [0.2, 0.25) is 5.91 Å². The fourth-order valence-corrected chi connectivity index (χ4v) is 2.22. The number of amides is 1. The van der Waals surface area contributed by atoms with Gasteiger partial charge >= 0.3 is 0 Å². The summed E-state index contributed by atoms with van der Waals surface area (Å²) >= 11 is 0. The van der Waals surface area contributed by atoms with Crippen molar-refractivity contribution in [3.05, 3.63) is 29.8 Å². The Morgan fingerprint density at radius 2 is 2.00 bits per heavy atom. The van der Waals surface area contributed by atoms with Crippen LogP contribution >= 0.6 is 0 Å². The SMILES string of the molecule is CCC1(N)CN(CC(=O)Nc2ccc(C)cc2)C1. The minimum atomic E-state index is -0.0792. The van der Waals surface area contributed by atoms with Gasteiger partial charge in [0.25, 0.3) is 0 Å². The molecule has 1 aromatic carbocycles. The Kier molecular flexibility index (Phi) is 3.68. The molecule has 98 valence electrons. The Balaban J connectivity index is 1.78. The number of hydrogen-bond acceptors (Lipinski definition) is 3. The van der Waals surface area contributed by atoms with Gasteiger partial charge in [0, 0.05) is 24.3 Å². The van der Waals surface area contributed by atoms with Crippen molar-refractivity contribution in [2.75, 3.05) is 25.0 Å². The summed E-state index contributed by atoms with van der Waals surface area (Å²) in [6, 6.07) is 7.81. The summed E-state index contributed by atoms with van der Waals surface area (Å²) in [5.41, 5.74) is 8.02. The molecule has 1 amide bonds. The second-order valence-electron chi connectivity index (χ2n) is 5.28. The summed E-state index contributed by atoms with van der Waals surface area (Å²) in [4.78, 5) is 13.9. The van der Waals surface area contributed by atoms with Crippen LogP contribution in [0.25, 0.3) is 0 Å². The zero-order chi connectivity index (χ0) is 13.2. The van der Waals surface area contributed by atoms with Crippen molar-refractivity contribution in [2.24, 2.45) is 5.73 Å². The lowest BCUT2D eigenvalue weighted by atomic mass is 9.88. The number of anilines is 1. The molecule has 0 aromatic heterocycles. The molecule has 1 saturated heterocycles. The first-order chi connectivity index (χ1) is 8.50. The van der Waals surface area contributed by atoms with Gasteiger partial charge in [0.05, 0.1) is 6.54 Å². The predicted molar refractivity (Wildman–Crippen MR) is 73.5 cm³/mol. The number of aryl methyl sites for hydroxylation is 1. The van der Waals surface area contributed by atoms with E-state index >= 15 is 0 Å². The van der Waals surface area contributed by atoms with Crippen LogP contribution in [0.15, 0.2) is 24.3 Å². The van der Waals surface area contributed by atoms with Crippen molar-refractivity contribution >= 4 is 11.6 Å². The van der Waals surface area contributed by atoms with Crippen LogP contribution in [-0.4, -0.2) is 36.0 Å². The van der Waals surface area contributed by atoms with E-state index in [4.69, 9.17) is 5.73 Å². The molecule has 1 aliphatic heterocycles. The summed E-state index contributed by atoms with van der Waals surface area (Å²) in [7, 11) is 0. The molecule has 0 bridgehead atoms. The highest BCUT2D eigenvalue weighted by atomic mass is 16.2. The molecule has 0 spiro atoms. The van der Waals surface area contributed by atoms with Crippen LogP contribution in [0, 0.1) is 6.92 Å². The zero-order valence-corrected chi connectivity index (χ0v) is 11.1. The Bertz CT molecular complexity index is 421. The van der Waals surface area contributed by atoms with Gasteiger partial charge in [0.15, 0.2) is 0 Å². The van der Waals surface area contributed by atoms with Crippen molar-refractivity contribution in [3.8, 4) is 0 Å². The van der Waals surface area contributed by atoms with Gasteiger partial charge < -0.3 is 11.1 Å². The Hall–Kier alpha value is -1.39. The van der Waals surface area contributed by atoms with Crippen LogP contribution in [0.2, 0.25) is 0 Å². The van der Waals surface area contributed by atoms with Gasteiger partial charge in [-0.3, -0.25) is 9.69 Å². The lowest BCUT2D eigenvalue weighted by Gasteiger charge is -2.47. The van der Waals surface area contributed by atoms with E-state index in [1.165, 1.54) is 5.56 Å². The van der Waals surface area contributed by atoms with Crippen LogP contribution in [0.5, 0.6) is 0 Å². The average Bonchev–Trinajstić information content (AvgIpc) is 2.30. The molecule has 1 aliphatic rings. The fraction of sp³-hybridized carbons (Fsp3) is 0.500. The van der Waals surface area contributed by atoms with Gasteiger partial charge in [0.1, 0.15) is 0 Å². The Morgan fingerprint density at radius 1 is 1.39 bits per heavy atom. The number of likely N-dealkylation sites (tertiary alicyclic amines) is 1. The topological polar surface area (TPSA) is 58.4 Å². The monoisotopic (exact) mass is 247 g/mol. The van der Waals surface area contributed by atoms with E-state index in [1.54, 1.807) is 0 Å². The Labute approximate surface area is 108 Å². The molecule has 0 saturated carbocycles. The van der Waals surface area contributed by atoms with E-state index < -0.39 is 0 Å². The predicted octanol–water partition coefficient (Wildman–Crippen LogP) is 1.36. The second kappa shape index (κ2) is 5.08. The second-order valence-corrected chi connectivity index (χ2v) is 5.28. The number of carbonyl (C=O) groups is 1. The highest BCUT2D eigenvalue weighted by molar-refractivity contribution is 5.92. The maximum atomic E-state index is 11.8.